The maximum absolute atomic E-state index is 14.3. The summed E-state index contributed by atoms with van der Waals surface area (Å²) >= 11 is 0. The van der Waals surface area contributed by atoms with Crippen LogP contribution in [0.5, 0.6) is 0 Å². The van der Waals surface area contributed by atoms with E-state index in [0.717, 1.165) is 24.5 Å². The van der Waals surface area contributed by atoms with E-state index < -0.39 is 27.1 Å². The van der Waals surface area contributed by atoms with Crippen molar-refractivity contribution in [3.63, 3.8) is 0 Å². The van der Waals surface area contributed by atoms with Crippen LogP contribution in [-0.4, -0.2) is 47.4 Å². The van der Waals surface area contributed by atoms with Crippen molar-refractivity contribution < 1.29 is 22.3 Å². The first-order chi connectivity index (χ1) is 14.3. The first kappa shape index (κ1) is 24.9. The van der Waals surface area contributed by atoms with Crippen molar-refractivity contribution in [3.8, 4) is 0 Å². The van der Waals surface area contributed by atoms with Gasteiger partial charge in [-0.05, 0) is 41.5 Å². The molecular formula is C20H29F2N5O3S. The molecule has 172 valence electrons. The minimum atomic E-state index is -3.66. The molecule has 1 atom stereocenters. The van der Waals surface area contributed by atoms with Gasteiger partial charge in [0.15, 0.2) is 0 Å². The number of aliphatic hydroxyl groups excluding tert-OH is 1. The van der Waals surface area contributed by atoms with Crippen molar-refractivity contribution in [2.75, 3.05) is 22.9 Å². The summed E-state index contributed by atoms with van der Waals surface area (Å²) in [5.41, 5.74) is -0.755. The molecule has 0 aliphatic carbocycles. The standard InChI is InChI=1S/C20H29F2N5O3S/c1-12(2)8-14(11-28)23-18-24-17(25-19(26-18)27-31(5,29)30)10-20(3,4)15-9-13(21)6-7-16(15)22/h6-7,9,12,14,28H,8,10-11H2,1-5H3,(H2,23,24,25,26,27)/t14-/m1/s1. The minimum Gasteiger partial charge on any atom is -0.394 e. The number of anilines is 2. The lowest BCUT2D eigenvalue weighted by atomic mass is 9.81. The molecule has 0 amide bonds. The Kier molecular flexibility index (Phi) is 7.87. The Morgan fingerprint density at radius 1 is 1.13 bits per heavy atom. The lowest BCUT2D eigenvalue weighted by Crippen LogP contribution is -2.28. The van der Waals surface area contributed by atoms with E-state index >= 15 is 0 Å². The number of benzene rings is 1. The van der Waals surface area contributed by atoms with E-state index in [1.54, 1.807) is 13.8 Å². The van der Waals surface area contributed by atoms with Crippen molar-refractivity contribution in [2.24, 2.45) is 5.92 Å². The van der Waals surface area contributed by atoms with Crippen LogP contribution in [0.15, 0.2) is 18.2 Å². The van der Waals surface area contributed by atoms with Gasteiger partial charge < -0.3 is 10.4 Å². The molecule has 0 aliphatic rings. The smallest absolute Gasteiger partial charge is 0.241 e. The predicted molar refractivity (Wildman–Crippen MR) is 115 cm³/mol. The van der Waals surface area contributed by atoms with Crippen LogP contribution < -0.4 is 10.0 Å². The van der Waals surface area contributed by atoms with E-state index in [4.69, 9.17) is 0 Å². The van der Waals surface area contributed by atoms with E-state index in [1.165, 1.54) is 0 Å². The van der Waals surface area contributed by atoms with Crippen LogP contribution in [-0.2, 0) is 21.9 Å². The number of hydrogen-bond acceptors (Lipinski definition) is 7. The molecule has 0 unspecified atom stereocenters. The molecule has 0 radical (unpaired) electrons. The average Bonchev–Trinajstić information content (AvgIpc) is 2.60. The largest absolute Gasteiger partial charge is 0.394 e. The molecule has 2 rings (SSSR count). The number of aliphatic hydroxyl groups is 1. The Balaban J connectivity index is 2.42. The van der Waals surface area contributed by atoms with Crippen molar-refractivity contribution in [2.45, 2.75) is 52.0 Å². The fourth-order valence-electron chi connectivity index (χ4n) is 3.21. The number of rotatable bonds is 10. The summed E-state index contributed by atoms with van der Waals surface area (Å²) in [6, 6.07) is 2.87. The van der Waals surface area contributed by atoms with Gasteiger partial charge in [-0.25, -0.2) is 17.2 Å². The molecule has 0 aliphatic heterocycles. The summed E-state index contributed by atoms with van der Waals surface area (Å²) < 4.78 is 53.6. The first-order valence-electron chi connectivity index (χ1n) is 9.84. The maximum atomic E-state index is 14.3. The SMILES string of the molecule is CC(C)C[C@H](CO)Nc1nc(CC(C)(C)c2cc(F)ccc2F)nc(NS(C)(=O)=O)n1. The van der Waals surface area contributed by atoms with Gasteiger partial charge in [0.05, 0.1) is 18.9 Å². The number of nitrogens with one attached hydrogen (secondary N) is 2. The van der Waals surface area contributed by atoms with Crippen molar-refractivity contribution in [1.29, 1.82) is 0 Å². The van der Waals surface area contributed by atoms with Gasteiger partial charge in [0.25, 0.3) is 0 Å². The van der Waals surface area contributed by atoms with Crippen LogP contribution >= 0.6 is 0 Å². The van der Waals surface area contributed by atoms with E-state index in [2.05, 4.69) is 25.0 Å². The normalized spacial score (nSPS) is 13.3. The van der Waals surface area contributed by atoms with Crippen LogP contribution in [0.2, 0.25) is 0 Å². The molecule has 11 heteroatoms. The number of halogens is 2. The lowest BCUT2D eigenvalue weighted by molar-refractivity contribution is 0.259. The summed E-state index contributed by atoms with van der Waals surface area (Å²) in [7, 11) is -3.66. The second kappa shape index (κ2) is 9.82. The van der Waals surface area contributed by atoms with Gasteiger partial charge in [0.1, 0.15) is 17.5 Å². The monoisotopic (exact) mass is 457 g/mol. The second-order valence-electron chi connectivity index (χ2n) is 8.61. The van der Waals surface area contributed by atoms with Crippen LogP contribution in [0.3, 0.4) is 0 Å². The minimum absolute atomic E-state index is 0.0753. The zero-order valence-corrected chi connectivity index (χ0v) is 19.1. The highest BCUT2D eigenvalue weighted by atomic mass is 32.2. The number of sulfonamides is 1. The predicted octanol–water partition coefficient (Wildman–Crippen LogP) is 2.86. The summed E-state index contributed by atoms with van der Waals surface area (Å²) in [5, 5.41) is 12.6. The average molecular weight is 458 g/mol. The van der Waals surface area contributed by atoms with E-state index in [0.29, 0.717) is 6.42 Å². The zero-order valence-electron chi connectivity index (χ0n) is 18.3. The summed E-state index contributed by atoms with van der Waals surface area (Å²) in [6.45, 7) is 7.24. The summed E-state index contributed by atoms with van der Waals surface area (Å²) in [6.07, 6.45) is 1.67. The van der Waals surface area contributed by atoms with Gasteiger partial charge >= 0.3 is 0 Å². The number of nitrogens with zero attached hydrogens (tertiary/aromatic N) is 3. The molecule has 0 fully saturated rings. The topological polar surface area (TPSA) is 117 Å². The van der Waals surface area contributed by atoms with Gasteiger partial charge in [-0.15, -0.1) is 0 Å². The van der Waals surface area contributed by atoms with Crippen LogP contribution in [0, 0.1) is 17.6 Å². The Labute approximate surface area is 181 Å². The molecule has 0 bridgehead atoms. The lowest BCUT2D eigenvalue weighted by Gasteiger charge is -2.25. The van der Waals surface area contributed by atoms with E-state index in [9.17, 15) is 22.3 Å². The third-order valence-corrected chi connectivity index (χ3v) is 5.08. The van der Waals surface area contributed by atoms with Crippen LogP contribution in [0.25, 0.3) is 0 Å². The fourth-order valence-corrected chi connectivity index (χ4v) is 3.64. The Morgan fingerprint density at radius 2 is 1.77 bits per heavy atom. The fraction of sp³-hybridized carbons (Fsp3) is 0.550. The quantitative estimate of drug-likeness (QED) is 0.502. The summed E-state index contributed by atoms with van der Waals surface area (Å²) in [4.78, 5) is 12.5. The molecule has 0 spiro atoms. The van der Waals surface area contributed by atoms with E-state index in [-0.39, 0.29) is 48.3 Å². The second-order valence-corrected chi connectivity index (χ2v) is 10.4. The zero-order chi connectivity index (χ0) is 23.4. The number of aromatic nitrogens is 3. The molecule has 0 saturated carbocycles. The van der Waals surface area contributed by atoms with Gasteiger partial charge in [-0.3, -0.25) is 4.72 Å². The van der Waals surface area contributed by atoms with Crippen LogP contribution in [0.1, 0.15) is 45.5 Å². The van der Waals surface area contributed by atoms with Crippen molar-refractivity contribution >= 4 is 21.9 Å². The van der Waals surface area contributed by atoms with Crippen molar-refractivity contribution in [3.05, 3.63) is 41.2 Å². The van der Waals surface area contributed by atoms with Gasteiger partial charge in [0.2, 0.25) is 21.9 Å². The number of hydrogen-bond donors (Lipinski definition) is 3. The third kappa shape index (κ3) is 7.66. The van der Waals surface area contributed by atoms with Gasteiger partial charge in [0, 0.05) is 6.42 Å². The molecule has 0 saturated heterocycles. The Morgan fingerprint density at radius 3 is 2.35 bits per heavy atom. The highest BCUT2D eigenvalue weighted by molar-refractivity contribution is 7.91. The first-order valence-corrected chi connectivity index (χ1v) is 11.7. The Hall–Kier alpha value is -2.40. The molecule has 2 aromatic rings. The molecule has 31 heavy (non-hydrogen) atoms. The van der Waals surface area contributed by atoms with Gasteiger partial charge in [-0.1, -0.05) is 27.7 Å². The summed E-state index contributed by atoms with van der Waals surface area (Å²) in [5.74, 6) is -0.793. The molecule has 1 aromatic heterocycles. The highest BCUT2D eigenvalue weighted by Crippen LogP contribution is 2.30. The molecule has 1 aromatic carbocycles. The van der Waals surface area contributed by atoms with Gasteiger partial charge in [-0.2, -0.15) is 15.0 Å². The van der Waals surface area contributed by atoms with Crippen LogP contribution in [0.4, 0.5) is 20.7 Å². The molecule has 8 nitrogen and oxygen atoms in total. The molecular weight excluding hydrogens is 428 g/mol. The molecule has 1 heterocycles. The van der Waals surface area contributed by atoms with Crippen molar-refractivity contribution in [1.82, 2.24) is 15.0 Å². The maximum Gasteiger partial charge on any atom is 0.241 e. The molecule has 3 N–H and O–H groups in total. The van der Waals surface area contributed by atoms with E-state index in [1.807, 2.05) is 13.8 Å². The highest BCUT2D eigenvalue weighted by Gasteiger charge is 2.27. The Bertz CT molecular complexity index is 1020. The third-order valence-electron chi connectivity index (χ3n) is 4.53.